The minimum absolute atomic E-state index is 0.560. The van der Waals surface area contributed by atoms with E-state index >= 15 is 0 Å². The highest BCUT2D eigenvalue weighted by atomic mass is 35.5. The van der Waals surface area contributed by atoms with E-state index in [1.165, 1.54) is 0 Å². The van der Waals surface area contributed by atoms with Crippen molar-refractivity contribution in [1.29, 1.82) is 0 Å². The van der Waals surface area contributed by atoms with Gasteiger partial charge in [-0.25, -0.2) is 0 Å². The van der Waals surface area contributed by atoms with Crippen LogP contribution in [0, 0.1) is 0 Å². The Labute approximate surface area is 106 Å². The van der Waals surface area contributed by atoms with Crippen molar-refractivity contribution in [1.82, 2.24) is 0 Å². The van der Waals surface area contributed by atoms with Gasteiger partial charge in [-0.05, 0) is 28.8 Å². The highest BCUT2D eigenvalue weighted by molar-refractivity contribution is 6.32. The monoisotopic (exact) mass is 247 g/mol. The van der Waals surface area contributed by atoms with Crippen LogP contribution >= 0.6 is 11.6 Å². The summed E-state index contributed by atoms with van der Waals surface area (Å²) in [6, 6.07) is 13.9. The van der Waals surface area contributed by atoms with Gasteiger partial charge in [0.15, 0.2) is 0 Å². The molecule has 2 nitrogen and oxygen atoms in total. The van der Waals surface area contributed by atoms with Crippen LogP contribution < -0.4 is 10.5 Å². The number of hydrogen-bond acceptors (Lipinski definition) is 2. The summed E-state index contributed by atoms with van der Waals surface area (Å²) in [5.41, 5.74) is 8.89. The molecule has 88 valence electrons. The second-order valence-electron chi connectivity index (χ2n) is 3.75. The van der Waals surface area contributed by atoms with Crippen LogP contribution in [0.25, 0.3) is 11.1 Å². The van der Waals surface area contributed by atoms with Crippen LogP contribution in [-0.4, -0.2) is 7.11 Å². The van der Waals surface area contributed by atoms with Crippen molar-refractivity contribution in [2.45, 2.75) is 6.54 Å². The SMILES string of the molecule is COc1cc(-c2ccc(CN)cc2)ccc1Cl. The fourth-order valence-corrected chi connectivity index (χ4v) is 1.87. The summed E-state index contributed by atoms with van der Waals surface area (Å²) in [6.45, 7) is 0.560. The van der Waals surface area contributed by atoms with Gasteiger partial charge < -0.3 is 10.5 Å². The minimum Gasteiger partial charge on any atom is -0.495 e. The molecule has 2 aromatic carbocycles. The molecule has 3 heteroatoms. The summed E-state index contributed by atoms with van der Waals surface area (Å²) < 4.78 is 5.20. The zero-order chi connectivity index (χ0) is 12.3. The molecule has 0 fully saturated rings. The molecule has 0 saturated heterocycles. The molecule has 0 radical (unpaired) electrons. The molecule has 0 amide bonds. The van der Waals surface area contributed by atoms with Crippen molar-refractivity contribution in [3.63, 3.8) is 0 Å². The molecule has 2 aromatic rings. The topological polar surface area (TPSA) is 35.2 Å². The Morgan fingerprint density at radius 1 is 1.06 bits per heavy atom. The lowest BCUT2D eigenvalue weighted by molar-refractivity contribution is 0.415. The zero-order valence-corrected chi connectivity index (χ0v) is 10.4. The maximum atomic E-state index is 5.99. The van der Waals surface area contributed by atoms with E-state index in [4.69, 9.17) is 22.1 Å². The van der Waals surface area contributed by atoms with Gasteiger partial charge in [-0.1, -0.05) is 41.9 Å². The van der Waals surface area contributed by atoms with E-state index in [0.717, 1.165) is 16.7 Å². The summed E-state index contributed by atoms with van der Waals surface area (Å²) in [6.07, 6.45) is 0. The van der Waals surface area contributed by atoms with Gasteiger partial charge in [-0.3, -0.25) is 0 Å². The first-order valence-electron chi connectivity index (χ1n) is 5.37. The van der Waals surface area contributed by atoms with Gasteiger partial charge in [0.05, 0.1) is 12.1 Å². The number of benzene rings is 2. The van der Waals surface area contributed by atoms with Crippen LogP contribution in [0.5, 0.6) is 5.75 Å². The van der Waals surface area contributed by atoms with E-state index in [2.05, 4.69) is 0 Å². The maximum absolute atomic E-state index is 5.99. The molecule has 0 aromatic heterocycles. The fraction of sp³-hybridized carbons (Fsp3) is 0.143. The van der Waals surface area contributed by atoms with Crippen LogP contribution in [0.4, 0.5) is 0 Å². The lowest BCUT2D eigenvalue weighted by atomic mass is 10.0. The largest absolute Gasteiger partial charge is 0.495 e. The second-order valence-corrected chi connectivity index (χ2v) is 4.16. The van der Waals surface area contributed by atoms with Crippen molar-refractivity contribution >= 4 is 11.6 Å². The minimum atomic E-state index is 0.560. The lowest BCUT2D eigenvalue weighted by Gasteiger charge is -2.07. The van der Waals surface area contributed by atoms with Gasteiger partial charge in [-0.15, -0.1) is 0 Å². The molecule has 0 atom stereocenters. The number of hydrogen-bond donors (Lipinski definition) is 1. The quantitative estimate of drug-likeness (QED) is 0.901. The van der Waals surface area contributed by atoms with Gasteiger partial charge in [0.1, 0.15) is 5.75 Å². The van der Waals surface area contributed by atoms with Gasteiger partial charge in [0, 0.05) is 6.54 Å². The number of nitrogens with two attached hydrogens (primary N) is 1. The van der Waals surface area contributed by atoms with Gasteiger partial charge in [0.25, 0.3) is 0 Å². The van der Waals surface area contributed by atoms with E-state index < -0.39 is 0 Å². The lowest BCUT2D eigenvalue weighted by Crippen LogP contribution is -1.95. The van der Waals surface area contributed by atoms with Crippen molar-refractivity contribution in [2.24, 2.45) is 5.73 Å². The molecule has 2 N–H and O–H groups in total. The molecule has 0 unspecified atom stereocenters. The normalized spacial score (nSPS) is 10.3. The molecule has 17 heavy (non-hydrogen) atoms. The van der Waals surface area contributed by atoms with E-state index in [-0.39, 0.29) is 0 Å². The second kappa shape index (κ2) is 5.21. The molecule has 0 heterocycles. The Bertz CT molecular complexity index is 508. The van der Waals surface area contributed by atoms with Gasteiger partial charge in [0.2, 0.25) is 0 Å². The average Bonchev–Trinajstić information content (AvgIpc) is 2.39. The molecule has 0 aliphatic rings. The highest BCUT2D eigenvalue weighted by Crippen LogP contribution is 2.30. The first-order chi connectivity index (χ1) is 8.24. The number of rotatable bonds is 3. The summed E-state index contributed by atoms with van der Waals surface area (Å²) in [4.78, 5) is 0. The Hall–Kier alpha value is -1.51. The third kappa shape index (κ3) is 2.60. The van der Waals surface area contributed by atoms with Crippen molar-refractivity contribution in [2.75, 3.05) is 7.11 Å². The van der Waals surface area contributed by atoms with Crippen LogP contribution in [0.3, 0.4) is 0 Å². The predicted octanol–water partition coefficient (Wildman–Crippen LogP) is 3.47. The third-order valence-electron chi connectivity index (χ3n) is 2.67. The molecule has 0 spiro atoms. The van der Waals surface area contributed by atoms with Crippen molar-refractivity contribution < 1.29 is 4.74 Å². The van der Waals surface area contributed by atoms with Crippen molar-refractivity contribution in [3.8, 4) is 16.9 Å². The standard InChI is InChI=1S/C14H14ClNO/c1-17-14-8-12(6-7-13(14)15)11-4-2-10(9-16)3-5-11/h2-8H,9,16H2,1H3. The first-order valence-corrected chi connectivity index (χ1v) is 5.75. The van der Waals surface area contributed by atoms with Crippen LogP contribution in [0.2, 0.25) is 5.02 Å². The maximum Gasteiger partial charge on any atom is 0.138 e. The first kappa shape index (κ1) is 12.0. The molecular weight excluding hydrogens is 234 g/mol. The van der Waals surface area contributed by atoms with Crippen molar-refractivity contribution in [3.05, 3.63) is 53.1 Å². The van der Waals surface area contributed by atoms with E-state index in [1.807, 2.05) is 42.5 Å². The highest BCUT2D eigenvalue weighted by Gasteiger charge is 2.03. The zero-order valence-electron chi connectivity index (χ0n) is 9.61. The molecular formula is C14H14ClNO. The van der Waals surface area contributed by atoms with Crippen LogP contribution in [0.1, 0.15) is 5.56 Å². The Balaban J connectivity index is 2.38. The number of ether oxygens (including phenoxy) is 1. The van der Waals surface area contributed by atoms with E-state index in [9.17, 15) is 0 Å². The Kier molecular flexibility index (Phi) is 3.67. The van der Waals surface area contributed by atoms with E-state index in [0.29, 0.717) is 17.3 Å². The summed E-state index contributed by atoms with van der Waals surface area (Å²) >= 11 is 5.99. The van der Waals surface area contributed by atoms with Crippen LogP contribution in [-0.2, 0) is 6.54 Å². The van der Waals surface area contributed by atoms with E-state index in [1.54, 1.807) is 7.11 Å². The van der Waals surface area contributed by atoms with Gasteiger partial charge >= 0.3 is 0 Å². The summed E-state index contributed by atoms with van der Waals surface area (Å²) in [5.74, 6) is 0.687. The van der Waals surface area contributed by atoms with Gasteiger partial charge in [-0.2, -0.15) is 0 Å². The number of halogens is 1. The average molecular weight is 248 g/mol. The summed E-state index contributed by atoms with van der Waals surface area (Å²) in [7, 11) is 1.61. The third-order valence-corrected chi connectivity index (χ3v) is 2.99. The predicted molar refractivity (Wildman–Crippen MR) is 71.3 cm³/mol. The molecule has 0 aliphatic carbocycles. The number of methoxy groups -OCH3 is 1. The molecule has 0 saturated carbocycles. The molecule has 2 rings (SSSR count). The molecule has 0 bridgehead atoms. The van der Waals surface area contributed by atoms with Crippen LogP contribution in [0.15, 0.2) is 42.5 Å². The Morgan fingerprint density at radius 3 is 2.29 bits per heavy atom. The Morgan fingerprint density at radius 2 is 1.71 bits per heavy atom. The smallest absolute Gasteiger partial charge is 0.138 e. The summed E-state index contributed by atoms with van der Waals surface area (Å²) in [5, 5.41) is 0.620. The fourth-order valence-electron chi connectivity index (χ4n) is 1.67. The molecule has 0 aliphatic heterocycles.